The molecule has 2 aromatic heterocycles. The van der Waals surface area contributed by atoms with Gasteiger partial charge in [-0.25, -0.2) is 9.98 Å². The Morgan fingerprint density at radius 3 is 2.55 bits per heavy atom. The van der Waals surface area contributed by atoms with Crippen molar-refractivity contribution in [1.82, 2.24) is 29.9 Å². The quantitative estimate of drug-likeness (QED) is 0.0441. The Bertz CT molecular complexity index is 2280. The van der Waals surface area contributed by atoms with Crippen LogP contribution >= 0.6 is 11.3 Å². The molecule has 0 amide bonds. The Morgan fingerprint density at radius 2 is 1.82 bits per heavy atom. The number of hydrogen-bond donors (Lipinski definition) is 7. The lowest BCUT2D eigenvalue weighted by atomic mass is 9.43. The molecule has 4 aliphatic rings. The highest BCUT2D eigenvalue weighted by Gasteiger charge is 2.58. The number of aliphatic imine (C=N–C) groups is 1. The Morgan fingerprint density at radius 1 is 1.08 bits per heavy atom. The zero-order valence-electron chi connectivity index (χ0n) is 37.9. The van der Waals surface area contributed by atoms with Gasteiger partial charge in [0, 0.05) is 42.0 Å². The van der Waals surface area contributed by atoms with Crippen molar-refractivity contribution < 1.29 is 20.4 Å². The standard InChI is InChI=1S/C48H69N9O4S/c1-8-46(6)27-47(19-12-20-55(7)22-18-33(59)24-58)25-45(4,5)26-48(28-46,29-47)30-57-32(3)36(23-51-57)35-16-17-39(53-40(35)43(60)61)56-21-11-13-34(42(56)50)31(2)41(49)54-44-52-37-14-9-10-15-38(37)62-44/h9-10,14-17,23,33,50,53,58-61H,8,11-13,18-22,24-30H2,1-7H3,(H2,49,52,54)/b34-31-,50-42?. The number of hydrogen-bond acceptors (Lipinski definition) is 11. The number of piperidine rings is 1. The molecule has 3 aromatic rings. The Kier molecular flexibility index (Phi) is 13.2. The first-order valence-corrected chi connectivity index (χ1v) is 23.3. The van der Waals surface area contributed by atoms with E-state index in [2.05, 4.69) is 66.5 Å². The molecule has 1 saturated heterocycles. The summed E-state index contributed by atoms with van der Waals surface area (Å²) in [5, 5.41) is 58.8. The number of thiazole rings is 1. The molecule has 2 bridgehead atoms. The molecule has 8 N–H and O–H groups in total. The fraction of sp³-hybridized carbons (Fsp3) is 0.583. The van der Waals surface area contributed by atoms with Gasteiger partial charge in [-0.05, 0) is 143 Å². The van der Waals surface area contributed by atoms with Crippen LogP contribution in [0.4, 0.5) is 5.13 Å². The largest absolute Gasteiger partial charge is 0.480 e. The topological polar surface area (TPSA) is 192 Å². The highest BCUT2D eigenvalue weighted by Crippen LogP contribution is 2.68. The maximum absolute atomic E-state index is 10.7. The van der Waals surface area contributed by atoms with E-state index < -0.39 is 12.0 Å². The summed E-state index contributed by atoms with van der Waals surface area (Å²) in [5.41, 5.74) is 12.2. The van der Waals surface area contributed by atoms with Gasteiger partial charge in [0.2, 0.25) is 5.13 Å². The zero-order valence-corrected chi connectivity index (χ0v) is 38.7. The second kappa shape index (κ2) is 17.9. The molecule has 62 heavy (non-hydrogen) atoms. The van der Waals surface area contributed by atoms with Crippen LogP contribution in [0.25, 0.3) is 15.8 Å². The molecule has 3 fully saturated rings. The summed E-state index contributed by atoms with van der Waals surface area (Å²) in [7, 11) is 2.12. The number of allylic oxidation sites excluding steroid dienone is 3. The van der Waals surface area contributed by atoms with Crippen LogP contribution in [0.5, 0.6) is 0 Å². The number of benzene rings is 1. The van der Waals surface area contributed by atoms with Crippen molar-refractivity contribution in [1.29, 1.82) is 5.41 Å². The number of aliphatic hydroxyl groups excluding tert-OH is 3. The van der Waals surface area contributed by atoms with Crippen molar-refractivity contribution in [3.8, 4) is 0 Å². The smallest absolute Gasteiger partial charge is 0.299 e. The van der Waals surface area contributed by atoms with Crippen LogP contribution in [-0.4, -0.2) is 96.1 Å². The Labute approximate surface area is 371 Å². The average Bonchev–Trinajstić information content (AvgIpc) is 3.79. The predicted molar refractivity (Wildman–Crippen MR) is 250 cm³/mol. The van der Waals surface area contributed by atoms with Gasteiger partial charge in [-0.2, -0.15) is 5.10 Å². The Balaban J connectivity index is 1.12. The van der Waals surface area contributed by atoms with E-state index in [1.54, 1.807) is 0 Å². The number of rotatable bonds is 15. The lowest BCUT2D eigenvalue weighted by Crippen LogP contribution is -2.54. The minimum absolute atomic E-state index is 0.0560. The van der Waals surface area contributed by atoms with Crippen LogP contribution in [0.3, 0.4) is 0 Å². The molecular weight excluding hydrogens is 799 g/mol. The van der Waals surface area contributed by atoms with Crippen LogP contribution in [0.2, 0.25) is 0 Å². The number of fused-ring (bicyclic) bond motifs is 3. The highest BCUT2D eigenvalue weighted by molar-refractivity contribution is 7.22. The molecule has 13 nitrogen and oxygen atoms in total. The highest BCUT2D eigenvalue weighted by atomic mass is 32.1. The minimum atomic E-state index is -0.824. The van der Waals surface area contributed by atoms with E-state index in [9.17, 15) is 25.8 Å². The molecule has 2 saturated carbocycles. The van der Waals surface area contributed by atoms with E-state index in [1.807, 2.05) is 54.4 Å². The number of aliphatic hydroxyl groups is 4. The van der Waals surface area contributed by atoms with Crippen LogP contribution < -0.4 is 11.1 Å². The lowest BCUT2D eigenvalue weighted by Gasteiger charge is -2.63. The molecule has 4 atom stereocenters. The number of likely N-dealkylation sites (tertiary alicyclic amines) is 1. The fourth-order valence-corrected chi connectivity index (χ4v) is 12.9. The van der Waals surface area contributed by atoms with E-state index in [4.69, 9.17) is 10.8 Å². The SMILES string of the molecule is CCC1(C)CC2(CCCN(C)CCC(O)CO)CC(C)(C)CC(Cn3ncc(C4=CC=C(N5CCC/C(=C(C)/C(N)=N\c6nc7ccccc7s6)C5=N)NC4=C(O)O)c3C)(C1)C2. The van der Waals surface area contributed by atoms with E-state index in [-0.39, 0.29) is 39.8 Å². The van der Waals surface area contributed by atoms with Crippen molar-refractivity contribution in [2.45, 2.75) is 125 Å². The van der Waals surface area contributed by atoms with Crippen LogP contribution in [0.15, 0.2) is 76.2 Å². The number of nitrogens with one attached hydrogen (secondary N) is 2. The van der Waals surface area contributed by atoms with Crippen molar-refractivity contribution in [3.05, 3.63) is 82.5 Å². The van der Waals surface area contributed by atoms with Crippen LogP contribution in [-0.2, 0) is 6.54 Å². The van der Waals surface area contributed by atoms with Gasteiger partial charge in [-0.1, -0.05) is 57.6 Å². The van der Waals surface area contributed by atoms with Gasteiger partial charge in [0.15, 0.2) is 0 Å². The molecule has 2 aliphatic carbocycles. The third-order valence-electron chi connectivity index (χ3n) is 14.2. The van der Waals surface area contributed by atoms with Crippen LogP contribution in [0.1, 0.15) is 117 Å². The number of dihydropyridines is 1. The summed E-state index contributed by atoms with van der Waals surface area (Å²) in [4.78, 5) is 13.4. The van der Waals surface area contributed by atoms with Gasteiger partial charge in [0.25, 0.3) is 5.95 Å². The summed E-state index contributed by atoms with van der Waals surface area (Å²) in [5.74, 6) is 0.358. The maximum atomic E-state index is 10.7. The summed E-state index contributed by atoms with van der Waals surface area (Å²) in [6.45, 7) is 16.6. The van der Waals surface area contributed by atoms with Crippen molar-refractivity contribution in [2.75, 3.05) is 33.3 Å². The summed E-state index contributed by atoms with van der Waals surface area (Å²) < 4.78 is 3.20. The van der Waals surface area contributed by atoms with Crippen molar-refractivity contribution in [3.63, 3.8) is 0 Å². The number of para-hydroxylation sites is 1. The van der Waals surface area contributed by atoms with Crippen molar-refractivity contribution >= 4 is 43.9 Å². The first-order valence-electron chi connectivity index (χ1n) is 22.5. The van der Waals surface area contributed by atoms with Gasteiger partial charge < -0.3 is 41.3 Å². The number of aromatic nitrogens is 3. The third kappa shape index (κ3) is 9.68. The fourth-order valence-electron chi connectivity index (χ4n) is 12.0. The van der Waals surface area contributed by atoms with E-state index >= 15 is 0 Å². The molecule has 336 valence electrons. The average molecular weight is 868 g/mol. The first kappa shape index (κ1) is 45.5. The van der Waals surface area contributed by atoms with Crippen molar-refractivity contribution in [2.24, 2.45) is 32.4 Å². The van der Waals surface area contributed by atoms with Gasteiger partial charge in [-0.3, -0.25) is 10.1 Å². The minimum Gasteiger partial charge on any atom is -0.480 e. The van der Waals surface area contributed by atoms with Gasteiger partial charge in [0.05, 0.1) is 29.1 Å². The monoisotopic (exact) mass is 868 g/mol. The summed E-state index contributed by atoms with van der Waals surface area (Å²) in [6.07, 6.45) is 16.3. The van der Waals surface area contributed by atoms with E-state index in [1.165, 1.54) is 24.2 Å². The van der Waals surface area contributed by atoms with E-state index in [0.717, 1.165) is 97.2 Å². The lowest BCUT2D eigenvalue weighted by molar-refractivity contribution is -0.128. The predicted octanol–water partition coefficient (Wildman–Crippen LogP) is 8.84. The number of nitrogens with two attached hydrogens (primary N) is 1. The molecule has 0 spiro atoms. The number of nitrogens with zero attached hydrogens (tertiary/aromatic N) is 6. The molecule has 7 rings (SSSR count). The molecule has 2 aliphatic heterocycles. The van der Waals surface area contributed by atoms with Gasteiger partial charge >= 0.3 is 0 Å². The number of amidine groups is 2. The van der Waals surface area contributed by atoms with Gasteiger partial charge in [0.1, 0.15) is 23.2 Å². The maximum Gasteiger partial charge on any atom is 0.299 e. The second-order valence-electron chi connectivity index (χ2n) is 20.2. The van der Waals surface area contributed by atoms with E-state index in [0.29, 0.717) is 41.7 Å². The summed E-state index contributed by atoms with van der Waals surface area (Å²) >= 11 is 1.47. The zero-order chi connectivity index (χ0) is 44.6. The normalized spacial score (nSPS) is 26.7. The second-order valence-corrected chi connectivity index (χ2v) is 21.2. The molecule has 4 unspecified atom stereocenters. The van der Waals surface area contributed by atoms with Crippen LogP contribution in [0, 0.1) is 34.0 Å². The third-order valence-corrected chi connectivity index (χ3v) is 15.2. The van der Waals surface area contributed by atoms with Gasteiger partial charge in [-0.15, -0.1) is 0 Å². The first-order chi connectivity index (χ1) is 29.4. The summed E-state index contributed by atoms with van der Waals surface area (Å²) in [6, 6.07) is 7.88. The molecule has 0 radical (unpaired) electrons. The molecular formula is C48H69N9O4S. The Hall–Kier alpha value is -4.50. The molecule has 14 heteroatoms. The molecule has 1 aromatic carbocycles. The molecule has 4 heterocycles.